The molecule has 1 aromatic heterocycles. The van der Waals surface area contributed by atoms with Gasteiger partial charge in [-0.1, -0.05) is 42.5 Å². The van der Waals surface area contributed by atoms with Crippen LogP contribution in [0.3, 0.4) is 0 Å². The minimum absolute atomic E-state index is 0.221. The van der Waals surface area contributed by atoms with Crippen molar-refractivity contribution in [2.75, 3.05) is 39.5 Å². The molecule has 0 bridgehead atoms. The molecule has 3 heterocycles. The lowest BCUT2D eigenvalue weighted by atomic mass is 9.73. The highest BCUT2D eigenvalue weighted by molar-refractivity contribution is 5.88. The highest BCUT2D eigenvalue weighted by Crippen LogP contribution is 2.37. The summed E-state index contributed by atoms with van der Waals surface area (Å²) in [5, 5.41) is 1.11. The fourth-order valence-electron chi connectivity index (χ4n) is 5.05. The number of furan rings is 1. The van der Waals surface area contributed by atoms with Crippen molar-refractivity contribution in [2.45, 2.75) is 24.7 Å². The van der Waals surface area contributed by atoms with Crippen LogP contribution in [0, 0.1) is 5.92 Å². The van der Waals surface area contributed by atoms with E-state index < -0.39 is 5.41 Å². The number of ether oxygens (including phenoxy) is 2. The monoisotopic (exact) mass is 419 g/mol. The zero-order chi connectivity index (χ0) is 21.1. The predicted octanol–water partition coefficient (Wildman–Crippen LogP) is 4.20. The summed E-state index contributed by atoms with van der Waals surface area (Å²) >= 11 is 0. The average molecular weight is 420 g/mol. The van der Waals surface area contributed by atoms with Gasteiger partial charge in [0.1, 0.15) is 5.58 Å². The van der Waals surface area contributed by atoms with Crippen molar-refractivity contribution in [3.05, 3.63) is 72.0 Å². The Bertz CT molecular complexity index is 1020. The summed E-state index contributed by atoms with van der Waals surface area (Å²) in [6.45, 7) is 3.85. The van der Waals surface area contributed by atoms with Crippen LogP contribution in [0.1, 0.15) is 24.0 Å². The van der Waals surface area contributed by atoms with Crippen LogP contribution in [0.25, 0.3) is 11.0 Å². The second kappa shape index (κ2) is 8.85. The lowest BCUT2D eigenvalue weighted by Crippen LogP contribution is -2.51. The van der Waals surface area contributed by atoms with Crippen LogP contribution in [-0.2, 0) is 26.1 Å². The normalized spacial score (nSPS) is 21.7. The van der Waals surface area contributed by atoms with E-state index in [1.807, 2.05) is 29.2 Å². The third kappa shape index (κ3) is 4.12. The first-order valence-corrected chi connectivity index (χ1v) is 11.2. The molecular formula is C26H29NO4. The molecule has 2 aliphatic rings. The van der Waals surface area contributed by atoms with Crippen molar-refractivity contribution in [1.29, 1.82) is 0 Å². The molecule has 2 aliphatic heterocycles. The maximum Gasteiger partial charge on any atom is 0.233 e. The molecule has 5 rings (SSSR count). The molecule has 3 aromatic rings. The number of hydrogen-bond donors (Lipinski definition) is 0. The molecule has 1 atom stereocenters. The molecule has 2 saturated heterocycles. The number of amides is 1. The molecule has 2 aromatic carbocycles. The van der Waals surface area contributed by atoms with Gasteiger partial charge in [0.25, 0.3) is 0 Å². The Kier molecular flexibility index (Phi) is 5.79. The predicted molar refractivity (Wildman–Crippen MR) is 119 cm³/mol. The Balaban J connectivity index is 1.37. The van der Waals surface area contributed by atoms with Crippen LogP contribution in [0.2, 0.25) is 0 Å². The average Bonchev–Trinajstić information content (AvgIpc) is 3.17. The van der Waals surface area contributed by atoms with E-state index in [0.717, 1.165) is 35.8 Å². The Morgan fingerprint density at radius 2 is 1.84 bits per heavy atom. The van der Waals surface area contributed by atoms with Gasteiger partial charge in [0, 0.05) is 37.6 Å². The molecule has 31 heavy (non-hydrogen) atoms. The zero-order valence-corrected chi connectivity index (χ0v) is 17.8. The van der Waals surface area contributed by atoms with E-state index in [4.69, 9.17) is 13.9 Å². The molecule has 0 radical (unpaired) electrons. The number of carbonyl (C=O) groups is 1. The van der Waals surface area contributed by atoms with Crippen LogP contribution < -0.4 is 0 Å². The second-order valence-electron chi connectivity index (χ2n) is 8.75. The van der Waals surface area contributed by atoms with Gasteiger partial charge < -0.3 is 18.8 Å². The van der Waals surface area contributed by atoms with E-state index in [1.165, 1.54) is 5.56 Å². The largest absolute Gasteiger partial charge is 0.464 e. The van der Waals surface area contributed by atoms with E-state index in [9.17, 15) is 4.79 Å². The fraction of sp³-hybridized carbons (Fsp3) is 0.423. The fourth-order valence-corrected chi connectivity index (χ4v) is 5.05. The first-order chi connectivity index (χ1) is 15.2. The minimum Gasteiger partial charge on any atom is -0.464 e. The number of nitrogens with zero attached hydrogens (tertiary/aromatic N) is 1. The summed E-state index contributed by atoms with van der Waals surface area (Å²) in [6.07, 6.45) is 4.04. The second-order valence-corrected chi connectivity index (χ2v) is 8.75. The van der Waals surface area contributed by atoms with Crippen molar-refractivity contribution in [2.24, 2.45) is 5.92 Å². The standard InChI is InChI=1S/C26H29NO4/c28-25(26(9-13-29-14-10-26)23-4-2-1-3-5-23)27-11-15-30-19-21(18-27)16-20-6-7-22-8-12-31-24(22)17-20/h1-8,12,17,21H,9-11,13-16,18-19H2. The van der Waals surface area contributed by atoms with E-state index in [-0.39, 0.29) is 11.8 Å². The maximum absolute atomic E-state index is 14.0. The number of fused-ring (bicyclic) bond motifs is 1. The van der Waals surface area contributed by atoms with Gasteiger partial charge in [-0.2, -0.15) is 0 Å². The molecular weight excluding hydrogens is 390 g/mol. The minimum atomic E-state index is -0.499. The van der Waals surface area contributed by atoms with Crippen LogP contribution in [-0.4, -0.2) is 50.3 Å². The third-order valence-electron chi connectivity index (χ3n) is 6.75. The number of hydrogen-bond acceptors (Lipinski definition) is 4. The molecule has 0 spiro atoms. The molecule has 0 saturated carbocycles. The lowest BCUT2D eigenvalue weighted by Gasteiger charge is -2.40. The summed E-state index contributed by atoms with van der Waals surface area (Å²) in [7, 11) is 0. The number of carbonyl (C=O) groups excluding carboxylic acids is 1. The first kappa shape index (κ1) is 20.3. The highest BCUT2D eigenvalue weighted by Gasteiger charge is 2.44. The van der Waals surface area contributed by atoms with E-state index >= 15 is 0 Å². The van der Waals surface area contributed by atoms with Gasteiger partial charge in [0.2, 0.25) is 5.91 Å². The molecule has 0 aliphatic carbocycles. The van der Waals surface area contributed by atoms with Gasteiger partial charge in [-0.15, -0.1) is 0 Å². The SMILES string of the molecule is O=C(N1CCOCC(Cc2ccc3ccoc3c2)C1)C1(c2ccccc2)CCOCC1. The molecule has 5 nitrogen and oxygen atoms in total. The van der Waals surface area contributed by atoms with E-state index in [0.29, 0.717) is 39.5 Å². The summed E-state index contributed by atoms with van der Waals surface area (Å²) < 4.78 is 17.1. The topological polar surface area (TPSA) is 51.9 Å². The smallest absolute Gasteiger partial charge is 0.233 e. The van der Waals surface area contributed by atoms with Crippen LogP contribution in [0.15, 0.2) is 65.3 Å². The molecule has 5 heteroatoms. The lowest BCUT2D eigenvalue weighted by molar-refractivity contribution is -0.141. The zero-order valence-electron chi connectivity index (χ0n) is 17.8. The maximum atomic E-state index is 14.0. The molecule has 0 N–H and O–H groups in total. The summed E-state index contributed by atoms with van der Waals surface area (Å²) in [5.41, 5.74) is 2.73. The quantitative estimate of drug-likeness (QED) is 0.636. The number of rotatable bonds is 4. The van der Waals surface area contributed by atoms with Crippen molar-refractivity contribution >= 4 is 16.9 Å². The number of benzene rings is 2. The van der Waals surface area contributed by atoms with Gasteiger partial charge in [-0.05, 0) is 42.5 Å². The molecule has 1 amide bonds. The summed E-state index contributed by atoms with van der Waals surface area (Å²) in [5.74, 6) is 0.477. The van der Waals surface area contributed by atoms with Crippen LogP contribution in [0.4, 0.5) is 0 Å². The summed E-state index contributed by atoms with van der Waals surface area (Å²) in [4.78, 5) is 16.0. The summed E-state index contributed by atoms with van der Waals surface area (Å²) in [6, 6.07) is 18.6. The van der Waals surface area contributed by atoms with Crippen molar-refractivity contribution in [1.82, 2.24) is 4.90 Å². The van der Waals surface area contributed by atoms with Crippen LogP contribution in [0.5, 0.6) is 0 Å². The van der Waals surface area contributed by atoms with Crippen LogP contribution >= 0.6 is 0 Å². The molecule has 1 unspecified atom stereocenters. The van der Waals surface area contributed by atoms with Gasteiger partial charge in [0.05, 0.1) is 24.9 Å². The van der Waals surface area contributed by atoms with Gasteiger partial charge in [0.15, 0.2) is 0 Å². The van der Waals surface area contributed by atoms with Crippen molar-refractivity contribution in [3.63, 3.8) is 0 Å². The Hall–Kier alpha value is -2.63. The van der Waals surface area contributed by atoms with Crippen molar-refractivity contribution < 1.29 is 18.7 Å². The van der Waals surface area contributed by atoms with Crippen molar-refractivity contribution in [3.8, 4) is 0 Å². The van der Waals surface area contributed by atoms with Gasteiger partial charge >= 0.3 is 0 Å². The highest BCUT2D eigenvalue weighted by atomic mass is 16.5. The van der Waals surface area contributed by atoms with Gasteiger partial charge in [-0.25, -0.2) is 0 Å². The molecule has 162 valence electrons. The Morgan fingerprint density at radius 3 is 2.68 bits per heavy atom. The first-order valence-electron chi connectivity index (χ1n) is 11.2. The van der Waals surface area contributed by atoms with E-state index in [1.54, 1.807) is 6.26 Å². The third-order valence-corrected chi connectivity index (χ3v) is 6.75. The van der Waals surface area contributed by atoms with E-state index in [2.05, 4.69) is 30.3 Å². The Labute approximate surface area is 182 Å². The molecule has 2 fully saturated rings. The van der Waals surface area contributed by atoms with Gasteiger partial charge in [-0.3, -0.25) is 4.79 Å². The Morgan fingerprint density at radius 1 is 1.00 bits per heavy atom.